The van der Waals surface area contributed by atoms with Gasteiger partial charge in [0.05, 0.1) is 11.6 Å². The maximum Gasteiger partial charge on any atom is 0.249 e. The summed E-state index contributed by atoms with van der Waals surface area (Å²) in [7, 11) is 0. The highest BCUT2D eigenvalue weighted by molar-refractivity contribution is 5.95. The van der Waals surface area contributed by atoms with Crippen LogP contribution in [0.3, 0.4) is 0 Å². The molecule has 0 aromatic heterocycles. The van der Waals surface area contributed by atoms with Crippen molar-refractivity contribution in [3.8, 4) is 6.07 Å². The number of carbonyl (C=O) groups is 1. The summed E-state index contributed by atoms with van der Waals surface area (Å²) >= 11 is 0. The molecular formula is C10H10N2O. The third kappa shape index (κ3) is 1.67. The first-order valence-electron chi connectivity index (χ1n) is 3.87. The molecule has 66 valence electrons. The standard InChI is InChI=1S/C10H10N2O/c1-6-3-8(5-11)7(2)9(4-6)10(12)13/h3-4H,1-2H3,(H2,12,13). The van der Waals surface area contributed by atoms with Crippen molar-refractivity contribution in [2.45, 2.75) is 13.8 Å². The van der Waals surface area contributed by atoms with Crippen LogP contribution in [-0.2, 0) is 0 Å². The van der Waals surface area contributed by atoms with E-state index in [1.165, 1.54) is 0 Å². The Labute approximate surface area is 76.8 Å². The number of nitriles is 1. The molecule has 0 saturated heterocycles. The number of carbonyl (C=O) groups excluding carboxylic acids is 1. The van der Waals surface area contributed by atoms with Gasteiger partial charge in [-0.1, -0.05) is 0 Å². The Bertz CT molecular complexity index is 402. The normalized spacial score (nSPS) is 9.31. The molecule has 0 saturated carbocycles. The molecular weight excluding hydrogens is 164 g/mol. The lowest BCUT2D eigenvalue weighted by atomic mass is 10.00. The van der Waals surface area contributed by atoms with Crippen LogP contribution < -0.4 is 5.73 Å². The van der Waals surface area contributed by atoms with E-state index in [2.05, 4.69) is 0 Å². The number of benzene rings is 1. The lowest BCUT2D eigenvalue weighted by molar-refractivity contribution is 0.0999. The molecule has 0 bridgehead atoms. The second-order valence-electron chi connectivity index (χ2n) is 2.96. The Balaban J connectivity index is 3.47. The number of hydrogen-bond acceptors (Lipinski definition) is 2. The van der Waals surface area contributed by atoms with E-state index in [-0.39, 0.29) is 0 Å². The van der Waals surface area contributed by atoms with E-state index in [9.17, 15) is 4.79 Å². The summed E-state index contributed by atoms with van der Waals surface area (Å²) in [5.41, 5.74) is 7.62. The molecule has 3 nitrogen and oxygen atoms in total. The first kappa shape index (κ1) is 9.27. The van der Waals surface area contributed by atoms with Gasteiger partial charge >= 0.3 is 0 Å². The number of rotatable bonds is 1. The van der Waals surface area contributed by atoms with E-state index >= 15 is 0 Å². The Kier molecular flexibility index (Phi) is 2.34. The molecule has 1 aromatic carbocycles. The highest BCUT2D eigenvalue weighted by atomic mass is 16.1. The fourth-order valence-electron chi connectivity index (χ4n) is 1.23. The lowest BCUT2D eigenvalue weighted by Gasteiger charge is -2.04. The van der Waals surface area contributed by atoms with Crippen LogP contribution in [-0.4, -0.2) is 5.91 Å². The minimum absolute atomic E-state index is 0.427. The van der Waals surface area contributed by atoms with Crippen molar-refractivity contribution < 1.29 is 4.79 Å². The quantitative estimate of drug-likeness (QED) is 0.696. The number of hydrogen-bond donors (Lipinski definition) is 1. The highest BCUT2D eigenvalue weighted by Gasteiger charge is 2.09. The number of primary amides is 1. The van der Waals surface area contributed by atoms with E-state index in [4.69, 9.17) is 11.0 Å². The zero-order chi connectivity index (χ0) is 10.0. The first-order valence-corrected chi connectivity index (χ1v) is 3.87. The van der Waals surface area contributed by atoms with Crippen LogP contribution >= 0.6 is 0 Å². The van der Waals surface area contributed by atoms with Crippen molar-refractivity contribution in [2.24, 2.45) is 5.73 Å². The van der Waals surface area contributed by atoms with Crippen LogP contribution in [0, 0.1) is 25.2 Å². The highest BCUT2D eigenvalue weighted by Crippen LogP contribution is 2.15. The number of amides is 1. The molecule has 3 heteroatoms. The summed E-state index contributed by atoms with van der Waals surface area (Å²) in [6.07, 6.45) is 0. The summed E-state index contributed by atoms with van der Waals surface area (Å²) in [6.45, 7) is 3.55. The zero-order valence-electron chi connectivity index (χ0n) is 7.59. The predicted octanol–water partition coefficient (Wildman–Crippen LogP) is 1.27. The van der Waals surface area contributed by atoms with Gasteiger partial charge in [0, 0.05) is 5.56 Å². The molecule has 1 amide bonds. The van der Waals surface area contributed by atoms with Crippen molar-refractivity contribution >= 4 is 5.91 Å². The van der Waals surface area contributed by atoms with E-state index < -0.39 is 5.91 Å². The summed E-state index contributed by atoms with van der Waals surface area (Å²) in [6, 6.07) is 5.45. The Hall–Kier alpha value is -1.82. The van der Waals surface area contributed by atoms with Gasteiger partial charge in [-0.3, -0.25) is 4.79 Å². The van der Waals surface area contributed by atoms with Gasteiger partial charge in [-0.05, 0) is 37.1 Å². The van der Waals surface area contributed by atoms with Crippen LogP contribution in [0.15, 0.2) is 12.1 Å². The topological polar surface area (TPSA) is 66.9 Å². The van der Waals surface area contributed by atoms with Gasteiger partial charge in [0.25, 0.3) is 0 Å². The molecule has 0 unspecified atom stereocenters. The van der Waals surface area contributed by atoms with Crippen LogP contribution in [0.25, 0.3) is 0 Å². The summed E-state index contributed by atoms with van der Waals surface area (Å²) in [4.78, 5) is 11.0. The molecule has 13 heavy (non-hydrogen) atoms. The molecule has 0 aliphatic carbocycles. The molecule has 0 fully saturated rings. The first-order chi connectivity index (χ1) is 6.06. The Morgan fingerprint density at radius 3 is 2.54 bits per heavy atom. The fourth-order valence-corrected chi connectivity index (χ4v) is 1.23. The van der Waals surface area contributed by atoms with Crippen molar-refractivity contribution in [3.63, 3.8) is 0 Å². The van der Waals surface area contributed by atoms with Crippen LogP contribution in [0.5, 0.6) is 0 Å². The zero-order valence-corrected chi connectivity index (χ0v) is 7.59. The van der Waals surface area contributed by atoms with Crippen LogP contribution in [0.1, 0.15) is 27.0 Å². The minimum Gasteiger partial charge on any atom is -0.366 e. The van der Waals surface area contributed by atoms with Crippen molar-refractivity contribution in [3.05, 3.63) is 34.4 Å². The second-order valence-corrected chi connectivity index (χ2v) is 2.96. The Morgan fingerprint density at radius 2 is 2.08 bits per heavy atom. The number of nitrogens with zero attached hydrogens (tertiary/aromatic N) is 1. The monoisotopic (exact) mass is 174 g/mol. The van der Waals surface area contributed by atoms with E-state index in [1.807, 2.05) is 13.0 Å². The molecule has 0 aliphatic rings. The van der Waals surface area contributed by atoms with Gasteiger partial charge in [-0.2, -0.15) is 5.26 Å². The predicted molar refractivity (Wildman–Crippen MR) is 49.1 cm³/mol. The maximum absolute atomic E-state index is 11.0. The number of nitrogens with two attached hydrogens (primary N) is 1. The SMILES string of the molecule is Cc1cc(C#N)c(C)c(C(N)=O)c1. The lowest BCUT2D eigenvalue weighted by Crippen LogP contribution is -2.13. The van der Waals surface area contributed by atoms with E-state index in [1.54, 1.807) is 19.1 Å². The second kappa shape index (κ2) is 3.28. The van der Waals surface area contributed by atoms with E-state index in [0.717, 1.165) is 5.56 Å². The molecule has 1 rings (SSSR count). The van der Waals surface area contributed by atoms with Crippen molar-refractivity contribution in [1.29, 1.82) is 5.26 Å². The molecule has 2 N–H and O–H groups in total. The van der Waals surface area contributed by atoms with Crippen molar-refractivity contribution in [2.75, 3.05) is 0 Å². The van der Waals surface area contributed by atoms with Crippen molar-refractivity contribution in [1.82, 2.24) is 0 Å². The van der Waals surface area contributed by atoms with Gasteiger partial charge in [0.15, 0.2) is 0 Å². The van der Waals surface area contributed by atoms with Crippen LogP contribution in [0.2, 0.25) is 0 Å². The van der Waals surface area contributed by atoms with Gasteiger partial charge in [0.1, 0.15) is 0 Å². The molecule has 0 radical (unpaired) electrons. The largest absolute Gasteiger partial charge is 0.366 e. The smallest absolute Gasteiger partial charge is 0.249 e. The summed E-state index contributed by atoms with van der Waals surface area (Å²) in [5.74, 6) is -0.488. The average Bonchev–Trinajstić information content (AvgIpc) is 2.08. The third-order valence-electron chi connectivity index (χ3n) is 1.94. The molecule has 0 aliphatic heterocycles. The Morgan fingerprint density at radius 1 is 1.46 bits per heavy atom. The molecule has 1 aromatic rings. The van der Waals surface area contributed by atoms with Gasteiger partial charge in [-0.15, -0.1) is 0 Å². The average molecular weight is 174 g/mol. The number of aryl methyl sites for hydroxylation is 1. The van der Waals surface area contributed by atoms with Crippen LogP contribution in [0.4, 0.5) is 0 Å². The fraction of sp³-hybridized carbons (Fsp3) is 0.200. The summed E-state index contributed by atoms with van der Waals surface area (Å²) < 4.78 is 0. The minimum atomic E-state index is -0.488. The molecule has 0 heterocycles. The third-order valence-corrected chi connectivity index (χ3v) is 1.94. The maximum atomic E-state index is 11.0. The molecule has 0 spiro atoms. The van der Waals surface area contributed by atoms with E-state index in [0.29, 0.717) is 16.7 Å². The summed E-state index contributed by atoms with van der Waals surface area (Å²) in [5, 5.41) is 8.75. The van der Waals surface area contributed by atoms with Gasteiger partial charge in [-0.25, -0.2) is 0 Å². The molecule has 0 atom stereocenters. The van der Waals surface area contributed by atoms with Gasteiger partial charge < -0.3 is 5.73 Å². The van der Waals surface area contributed by atoms with Gasteiger partial charge in [0.2, 0.25) is 5.91 Å².